The molecular formula is C25H21ClN4O2. The van der Waals surface area contributed by atoms with Crippen LogP contribution in [0, 0.1) is 0 Å². The highest BCUT2D eigenvalue weighted by Crippen LogP contribution is 2.41. The van der Waals surface area contributed by atoms with Crippen molar-refractivity contribution in [3.05, 3.63) is 89.0 Å². The second-order valence-corrected chi connectivity index (χ2v) is 8.25. The molecule has 1 atom stereocenters. The van der Waals surface area contributed by atoms with Crippen LogP contribution >= 0.6 is 11.6 Å². The standard InChI is InChI=1S/C25H21ClN4O2/c26-17-7-5-16(6-8-17)25-29-20-4-2-1-3-19(20)21-14-24(27-15-30(21)25)28-18-9-10-22-23(13-18)32-12-11-31-22/h1-10,13-14,25,29H,11-12,15H2,(H,27,28). The van der Waals surface area contributed by atoms with Crippen molar-refractivity contribution >= 4 is 34.5 Å². The van der Waals surface area contributed by atoms with Crippen molar-refractivity contribution in [2.24, 2.45) is 4.99 Å². The van der Waals surface area contributed by atoms with E-state index in [9.17, 15) is 0 Å². The van der Waals surface area contributed by atoms with Crippen molar-refractivity contribution in [2.75, 3.05) is 30.5 Å². The summed E-state index contributed by atoms with van der Waals surface area (Å²) in [5, 5.41) is 7.81. The predicted octanol–water partition coefficient (Wildman–Crippen LogP) is 5.36. The third-order valence-electron chi connectivity index (χ3n) is 5.78. The number of para-hydroxylation sites is 1. The third-order valence-corrected chi connectivity index (χ3v) is 6.04. The number of nitrogens with one attached hydrogen (secondary N) is 2. The Hall–Kier alpha value is -3.64. The lowest BCUT2D eigenvalue weighted by molar-refractivity contribution is 0.171. The monoisotopic (exact) mass is 444 g/mol. The third kappa shape index (κ3) is 3.42. The average molecular weight is 445 g/mol. The Labute approximate surface area is 191 Å². The summed E-state index contributed by atoms with van der Waals surface area (Å²) in [7, 11) is 0. The molecule has 0 saturated carbocycles. The van der Waals surface area contributed by atoms with Gasteiger partial charge in [-0.2, -0.15) is 0 Å². The molecule has 3 aliphatic rings. The Bertz CT molecular complexity index is 1240. The Kier molecular flexibility index (Phi) is 4.65. The number of amidine groups is 1. The summed E-state index contributed by atoms with van der Waals surface area (Å²) in [6, 6.07) is 22.2. The van der Waals surface area contributed by atoms with E-state index in [1.807, 2.05) is 36.4 Å². The molecule has 6 rings (SSSR count). The molecule has 0 saturated heterocycles. The minimum atomic E-state index is -0.0343. The lowest BCUT2D eigenvalue weighted by atomic mass is 10.00. The highest BCUT2D eigenvalue weighted by Gasteiger charge is 2.32. The molecule has 3 aliphatic heterocycles. The molecule has 0 aromatic heterocycles. The van der Waals surface area contributed by atoms with Crippen LogP contribution in [-0.4, -0.2) is 30.6 Å². The molecule has 6 nitrogen and oxygen atoms in total. The predicted molar refractivity (Wildman–Crippen MR) is 127 cm³/mol. The Morgan fingerprint density at radius 3 is 2.66 bits per heavy atom. The van der Waals surface area contributed by atoms with E-state index in [1.165, 1.54) is 0 Å². The first kappa shape index (κ1) is 19.1. The first-order chi connectivity index (χ1) is 15.7. The van der Waals surface area contributed by atoms with Crippen molar-refractivity contribution < 1.29 is 9.47 Å². The first-order valence-corrected chi connectivity index (χ1v) is 10.9. The normalized spacial score (nSPS) is 18.5. The molecule has 1 unspecified atom stereocenters. The molecule has 0 aliphatic carbocycles. The quantitative estimate of drug-likeness (QED) is 0.557. The second-order valence-electron chi connectivity index (χ2n) is 7.81. The number of ether oxygens (including phenoxy) is 2. The van der Waals surface area contributed by atoms with Gasteiger partial charge in [-0.3, -0.25) is 0 Å². The number of aliphatic imine (C=N–C) groups is 1. The Morgan fingerprint density at radius 2 is 1.78 bits per heavy atom. The van der Waals surface area contributed by atoms with Crippen LogP contribution < -0.4 is 20.1 Å². The van der Waals surface area contributed by atoms with Crippen LogP contribution in [0.3, 0.4) is 0 Å². The van der Waals surface area contributed by atoms with Gasteiger partial charge in [0.2, 0.25) is 0 Å². The van der Waals surface area contributed by atoms with Crippen LogP contribution in [0.2, 0.25) is 5.02 Å². The van der Waals surface area contributed by atoms with Gasteiger partial charge in [0.15, 0.2) is 11.5 Å². The van der Waals surface area contributed by atoms with Gasteiger partial charge in [0.25, 0.3) is 0 Å². The Balaban J connectivity index is 1.33. The fourth-order valence-corrected chi connectivity index (χ4v) is 4.38. The topological polar surface area (TPSA) is 58.1 Å². The number of benzene rings is 3. The molecule has 0 bridgehead atoms. The van der Waals surface area contributed by atoms with Crippen molar-refractivity contribution in [2.45, 2.75) is 6.17 Å². The van der Waals surface area contributed by atoms with Gasteiger partial charge < -0.3 is 25.0 Å². The first-order valence-electron chi connectivity index (χ1n) is 10.6. The number of rotatable bonds is 2. The summed E-state index contributed by atoms with van der Waals surface area (Å²) in [5.74, 6) is 2.33. The van der Waals surface area contributed by atoms with Crippen molar-refractivity contribution in [1.29, 1.82) is 0 Å². The molecule has 32 heavy (non-hydrogen) atoms. The van der Waals surface area contributed by atoms with Crippen molar-refractivity contribution in [3.8, 4) is 11.5 Å². The van der Waals surface area contributed by atoms with Gasteiger partial charge in [-0.05, 0) is 35.9 Å². The summed E-state index contributed by atoms with van der Waals surface area (Å²) in [5.41, 5.74) is 5.40. The molecule has 7 heteroatoms. The molecule has 3 aromatic rings. The number of nitrogens with zero attached hydrogens (tertiary/aromatic N) is 2. The molecule has 3 aromatic carbocycles. The molecule has 0 fully saturated rings. The zero-order chi connectivity index (χ0) is 21.5. The zero-order valence-corrected chi connectivity index (χ0v) is 18.0. The molecular weight excluding hydrogens is 424 g/mol. The van der Waals surface area contributed by atoms with E-state index in [-0.39, 0.29) is 6.17 Å². The molecule has 2 N–H and O–H groups in total. The maximum Gasteiger partial charge on any atom is 0.163 e. The lowest BCUT2D eigenvalue weighted by Crippen LogP contribution is -2.39. The molecule has 0 amide bonds. The van der Waals surface area contributed by atoms with Crippen LogP contribution in [-0.2, 0) is 0 Å². The summed E-state index contributed by atoms with van der Waals surface area (Å²) in [6.45, 7) is 1.66. The van der Waals surface area contributed by atoms with Crippen LogP contribution in [0.4, 0.5) is 11.4 Å². The zero-order valence-electron chi connectivity index (χ0n) is 17.2. The SMILES string of the molecule is Clc1ccc(C2Nc3ccccc3C3=CC(Nc4ccc5c(c4)OCCO5)=NCN32)cc1. The molecule has 0 spiro atoms. The number of hydrogen-bond donors (Lipinski definition) is 2. The minimum Gasteiger partial charge on any atom is -0.486 e. The fourth-order valence-electron chi connectivity index (χ4n) is 4.25. The maximum absolute atomic E-state index is 6.12. The van der Waals surface area contributed by atoms with E-state index in [2.05, 4.69) is 51.9 Å². The summed E-state index contributed by atoms with van der Waals surface area (Å²) >= 11 is 6.12. The number of halogens is 1. The largest absolute Gasteiger partial charge is 0.486 e. The van der Waals surface area contributed by atoms with Gasteiger partial charge >= 0.3 is 0 Å². The van der Waals surface area contributed by atoms with Crippen LogP contribution in [0.15, 0.2) is 77.8 Å². The van der Waals surface area contributed by atoms with Gasteiger partial charge in [0, 0.05) is 34.1 Å². The molecule has 3 heterocycles. The number of fused-ring (bicyclic) bond motifs is 4. The van der Waals surface area contributed by atoms with E-state index in [1.54, 1.807) is 0 Å². The summed E-state index contributed by atoms with van der Waals surface area (Å²) < 4.78 is 11.3. The van der Waals surface area contributed by atoms with E-state index in [0.717, 1.165) is 50.6 Å². The van der Waals surface area contributed by atoms with Gasteiger partial charge in [-0.1, -0.05) is 41.9 Å². The van der Waals surface area contributed by atoms with Crippen molar-refractivity contribution in [1.82, 2.24) is 4.90 Å². The van der Waals surface area contributed by atoms with E-state index in [4.69, 9.17) is 26.1 Å². The number of anilines is 2. The summed E-state index contributed by atoms with van der Waals surface area (Å²) in [4.78, 5) is 7.07. The van der Waals surface area contributed by atoms with Crippen LogP contribution in [0.1, 0.15) is 17.3 Å². The van der Waals surface area contributed by atoms with E-state index < -0.39 is 0 Å². The van der Waals surface area contributed by atoms with E-state index in [0.29, 0.717) is 19.9 Å². The molecule has 160 valence electrons. The van der Waals surface area contributed by atoms with E-state index >= 15 is 0 Å². The summed E-state index contributed by atoms with van der Waals surface area (Å²) in [6.07, 6.45) is 2.07. The smallest absolute Gasteiger partial charge is 0.163 e. The van der Waals surface area contributed by atoms with Gasteiger partial charge in [0.1, 0.15) is 31.9 Å². The lowest BCUT2D eigenvalue weighted by Gasteiger charge is -2.42. The van der Waals surface area contributed by atoms with Crippen LogP contribution in [0.25, 0.3) is 5.70 Å². The Morgan fingerprint density at radius 1 is 0.969 bits per heavy atom. The highest BCUT2D eigenvalue weighted by molar-refractivity contribution is 6.30. The maximum atomic E-state index is 6.12. The highest BCUT2D eigenvalue weighted by atomic mass is 35.5. The average Bonchev–Trinajstić information content (AvgIpc) is 2.84. The van der Waals surface area contributed by atoms with Gasteiger partial charge in [-0.25, -0.2) is 4.99 Å². The molecule has 0 radical (unpaired) electrons. The second kappa shape index (κ2) is 7.80. The van der Waals surface area contributed by atoms with Gasteiger partial charge in [-0.15, -0.1) is 0 Å². The number of hydrogen-bond acceptors (Lipinski definition) is 6. The van der Waals surface area contributed by atoms with Gasteiger partial charge in [0.05, 0.1) is 5.70 Å². The minimum absolute atomic E-state index is 0.0343. The fraction of sp³-hybridized carbons (Fsp3) is 0.160. The van der Waals surface area contributed by atoms with Crippen LogP contribution in [0.5, 0.6) is 11.5 Å². The van der Waals surface area contributed by atoms with Crippen molar-refractivity contribution in [3.63, 3.8) is 0 Å².